The molecule has 0 saturated heterocycles. The number of imidazole rings is 1. The molecule has 0 aliphatic heterocycles. The fraction of sp³-hybridized carbons (Fsp3) is 0.267. The SMILES string of the molecule is CCOC(=O)C(C)NC(=O)c1cncn1-c1ccccc1. The molecular weight excluding hydrogens is 270 g/mol. The molecule has 2 rings (SSSR count). The summed E-state index contributed by atoms with van der Waals surface area (Å²) in [6.07, 6.45) is 3.01. The van der Waals surface area contributed by atoms with Crippen LogP contribution in [0.5, 0.6) is 0 Å². The minimum absolute atomic E-state index is 0.279. The molecule has 0 aliphatic carbocycles. The molecule has 1 aromatic heterocycles. The lowest BCUT2D eigenvalue weighted by atomic mass is 10.3. The third kappa shape index (κ3) is 3.47. The number of hydrogen-bond donors (Lipinski definition) is 1. The maximum Gasteiger partial charge on any atom is 0.328 e. The van der Waals surface area contributed by atoms with Crippen molar-refractivity contribution >= 4 is 11.9 Å². The van der Waals surface area contributed by atoms with E-state index in [1.807, 2.05) is 30.3 Å². The van der Waals surface area contributed by atoms with Crippen LogP contribution in [0.15, 0.2) is 42.9 Å². The smallest absolute Gasteiger partial charge is 0.328 e. The lowest BCUT2D eigenvalue weighted by molar-refractivity contribution is -0.144. The van der Waals surface area contributed by atoms with Crippen LogP contribution in [0.3, 0.4) is 0 Å². The van der Waals surface area contributed by atoms with Gasteiger partial charge in [0.15, 0.2) is 0 Å². The van der Waals surface area contributed by atoms with Crippen LogP contribution in [0.2, 0.25) is 0 Å². The standard InChI is InChI=1S/C15H17N3O3/c1-3-21-15(20)11(2)17-14(19)13-9-16-10-18(13)12-7-5-4-6-8-12/h4-11H,3H2,1-2H3,(H,17,19). The zero-order valence-electron chi connectivity index (χ0n) is 11.9. The number of nitrogens with zero attached hydrogens (tertiary/aromatic N) is 2. The summed E-state index contributed by atoms with van der Waals surface area (Å²) in [5, 5.41) is 2.60. The van der Waals surface area contributed by atoms with Gasteiger partial charge in [-0.15, -0.1) is 0 Å². The summed E-state index contributed by atoms with van der Waals surface area (Å²) in [6.45, 7) is 3.58. The van der Waals surface area contributed by atoms with E-state index in [0.717, 1.165) is 5.69 Å². The van der Waals surface area contributed by atoms with E-state index in [1.54, 1.807) is 24.7 Å². The number of esters is 1. The average molecular weight is 287 g/mol. The van der Waals surface area contributed by atoms with Crippen molar-refractivity contribution in [2.75, 3.05) is 6.61 Å². The van der Waals surface area contributed by atoms with Crippen LogP contribution in [-0.4, -0.2) is 34.1 Å². The molecule has 0 fully saturated rings. The highest BCUT2D eigenvalue weighted by Crippen LogP contribution is 2.10. The molecule has 0 aliphatic rings. The van der Waals surface area contributed by atoms with Crippen LogP contribution in [0, 0.1) is 0 Å². The van der Waals surface area contributed by atoms with E-state index in [4.69, 9.17) is 4.74 Å². The first-order valence-electron chi connectivity index (χ1n) is 6.68. The maximum absolute atomic E-state index is 12.2. The number of para-hydroxylation sites is 1. The Kier molecular flexibility index (Phi) is 4.71. The van der Waals surface area contributed by atoms with Crippen LogP contribution < -0.4 is 5.32 Å². The summed E-state index contributed by atoms with van der Waals surface area (Å²) in [7, 11) is 0. The molecule has 21 heavy (non-hydrogen) atoms. The molecule has 1 atom stereocenters. The van der Waals surface area contributed by atoms with Crippen molar-refractivity contribution in [2.45, 2.75) is 19.9 Å². The van der Waals surface area contributed by atoms with Crippen molar-refractivity contribution in [3.05, 3.63) is 48.5 Å². The Hall–Kier alpha value is -2.63. The van der Waals surface area contributed by atoms with Gasteiger partial charge in [-0.05, 0) is 26.0 Å². The minimum atomic E-state index is -0.712. The summed E-state index contributed by atoms with van der Waals surface area (Å²) in [5.74, 6) is -0.839. The minimum Gasteiger partial charge on any atom is -0.464 e. The van der Waals surface area contributed by atoms with Gasteiger partial charge in [-0.25, -0.2) is 9.78 Å². The van der Waals surface area contributed by atoms with Crippen LogP contribution >= 0.6 is 0 Å². The maximum atomic E-state index is 12.2. The second-order valence-corrected chi connectivity index (χ2v) is 4.43. The molecule has 6 nitrogen and oxygen atoms in total. The second kappa shape index (κ2) is 6.69. The molecule has 0 radical (unpaired) electrons. The van der Waals surface area contributed by atoms with Crippen molar-refractivity contribution in [3.63, 3.8) is 0 Å². The molecule has 1 amide bonds. The Labute approximate surface area is 122 Å². The van der Waals surface area contributed by atoms with Crippen molar-refractivity contribution < 1.29 is 14.3 Å². The number of aromatic nitrogens is 2. The van der Waals surface area contributed by atoms with Crippen LogP contribution in [-0.2, 0) is 9.53 Å². The monoisotopic (exact) mass is 287 g/mol. The third-order valence-corrected chi connectivity index (χ3v) is 2.89. The number of rotatable bonds is 5. The van der Waals surface area contributed by atoms with Gasteiger partial charge in [0.25, 0.3) is 5.91 Å². The number of nitrogens with one attached hydrogen (secondary N) is 1. The van der Waals surface area contributed by atoms with Gasteiger partial charge in [0.1, 0.15) is 11.7 Å². The number of amides is 1. The molecule has 6 heteroatoms. The van der Waals surface area contributed by atoms with Crippen LogP contribution in [0.25, 0.3) is 5.69 Å². The predicted octanol–water partition coefficient (Wildman–Crippen LogP) is 1.55. The van der Waals surface area contributed by atoms with E-state index < -0.39 is 12.0 Å². The lowest BCUT2D eigenvalue weighted by Crippen LogP contribution is -2.40. The number of benzene rings is 1. The molecule has 2 aromatic rings. The van der Waals surface area contributed by atoms with E-state index in [1.165, 1.54) is 6.20 Å². The van der Waals surface area contributed by atoms with E-state index in [2.05, 4.69) is 10.3 Å². The molecule has 0 bridgehead atoms. The Morgan fingerprint density at radius 3 is 2.71 bits per heavy atom. The summed E-state index contributed by atoms with van der Waals surface area (Å²) >= 11 is 0. The topological polar surface area (TPSA) is 73.2 Å². The van der Waals surface area contributed by atoms with Gasteiger partial charge in [-0.2, -0.15) is 0 Å². The van der Waals surface area contributed by atoms with Gasteiger partial charge in [-0.1, -0.05) is 18.2 Å². The third-order valence-electron chi connectivity index (χ3n) is 2.89. The van der Waals surface area contributed by atoms with Crippen LogP contribution in [0.4, 0.5) is 0 Å². The zero-order valence-corrected chi connectivity index (χ0v) is 11.9. The fourth-order valence-corrected chi connectivity index (χ4v) is 1.85. The van der Waals surface area contributed by atoms with Gasteiger partial charge in [-0.3, -0.25) is 9.36 Å². The summed E-state index contributed by atoms with van der Waals surface area (Å²) in [4.78, 5) is 27.8. The number of ether oxygens (including phenoxy) is 1. The predicted molar refractivity (Wildman–Crippen MR) is 77.1 cm³/mol. The zero-order chi connectivity index (χ0) is 15.2. The molecule has 1 heterocycles. The first-order valence-corrected chi connectivity index (χ1v) is 6.68. The first kappa shape index (κ1) is 14.8. The molecule has 110 valence electrons. The number of carbonyl (C=O) groups is 2. The van der Waals surface area contributed by atoms with E-state index in [0.29, 0.717) is 5.69 Å². The fourth-order valence-electron chi connectivity index (χ4n) is 1.85. The second-order valence-electron chi connectivity index (χ2n) is 4.43. The molecule has 1 unspecified atom stereocenters. The molecule has 0 saturated carbocycles. The van der Waals surface area contributed by atoms with Crippen LogP contribution in [0.1, 0.15) is 24.3 Å². The van der Waals surface area contributed by atoms with Gasteiger partial charge in [0, 0.05) is 5.69 Å². The molecule has 0 spiro atoms. The van der Waals surface area contributed by atoms with E-state index in [-0.39, 0.29) is 12.5 Å². The van der Waals surface area contributed by atoms with E-state index >= 15 is 0 Å². The highest BCUT2D eigenvalue weighted by Gasteiger charge is 2.20. The Morgan fingerprint density at radius 1 is 1.33 bits per heavy atom. The number of carbonyl (C=O) groups excluding carboxylic acids is 2. The van der Waals surface area contributed by atoms with Gasteiger partial charge >= 0.3 is 5.97 Å². The first-order chi connectivity index (χ1) is 10.1. The quantitative estimate of drug-likeness (QED) is 0.847. The Bertz CT molecular complexity index is 622. The van der Waals surface area contributed by atoms with Gasteiger partial charge < -0.3 is 10.1 Å². The molecule has 1 aromatic carbocycles. The normalized spacial score (nSPS) is 11.7. The highest BCUT2D eigenvalue weighted by atomic mass is 16.5. The number of hydrogen-bond acceptors (Lipinski definition) is 4. The average Bonchev–Trinajstić information content (AvgIpc) is 2.98. The molecular formula is C15H17N3O3. The van der Waals surface area contributed by atoms with Crippen molar-refractivity contribution in [1.82, 2.24) is 14.9 Å². The van der Waals surface area contributed by atoms with Crippen molar-refractivity contribution in [1.29, 1.82) is 0 Å². The lowest BCUT2D eigenvalue weighted by Gasteiger charge is -2.13. The summed E-state index contributed by atoms with van der Waals surface area (Å²) in [5.41, 5.74) is 1.18. The highest BCUT2D eigenvalue weighted by molar-refractivity contribution is 5.95. The molecule has 1 N–H and O–H groups in total. The summed E-state index contributed by atoms with van der Waals surface area (Å²) in [6, 6.07) is 8.66. The van der Waals surface area contributed by atoms with Crippen molar-refractivity contribution in [2.24, 2.45) is 0 Å². The summed E-state index contributed by atoms with van der Waals surface area (Å²) < 4.78 is 6.52. The van der Waals surface area contributed by atoms with Gasteiger partial charge in [0.05, 0.1) is 19.1 Å². The largest absolute Gasteiger partial charge is 0.464 e. The Morgan fingerprint density at radius 2 is 2.05 bits per heavy atom. The van der Waals surface area contributed by atoms with E-state index in [9.17, 15) is 9.59 Å². The van der Waals surface area contributed by atoms with Gasteiger partial charge in [0.2, 0.25) is 0 Å². The Balaban J connectivity index is 2.14. The van der Waals surface area contributed by atoms with Crippen molar-refractivity contribution in [3.8, 4) is 5.69 Å².